The summed E-state index contributed by atoms with van der Waals surface area (Å²) in [4.78, 5) is 9.51. The van der Waals surface area contributed by atoms with Gasteiger partial charge in [-0.05, 0) is 49.4 Å². The third kappa shape index (κ3) is 3.36. The Hall–Kier alpha value is -5.05. The van der Waals surface area contributed by atoms with Gasteiger partial charge in [0.25, 0.3) is 0 Å². The number of hydrogen-bond donors (Lipinski definition) is 0. The number of methoxy groups -OCH3 is 1. The molecule has 0 aliphatic carbocycles. The maximum Gasteiger partial charge on any atom is 0.230 e. The van der Waals surface area contributed by atoms with Crippen molar-refractivity contribution in [1.82, 2.24) is 29.4 Å². The van der Waals surface area contributed by atoms with Gasteiger partial charge < -0.3 is 9.47 Å². The molecule has 0 amide bonds. The minimum absolute atomic E-state index is 0.320. The second-order valence-electron chi connectivity index (χ2n) is 9.00. The first-order chi connectivity index (χ1) is 18.6. The van der Waals surface area contributed by atoms with Gasteiger partial charge in [0, 0.05) is 11.1 Å². The number of ether oxygens (including phenoxy) is 2. The molecule has 1 aliphatic heterocycles. The fraction of sp³-hybridized carbons (Fsp3) is 0.103. The molecule has 1 aliphatic rings. The number of halogens is 1. The van der Waals surface area contributed by atoms with E-state index in [1.165, 1.54) is 12.1 Å². The summed E-state index contributed by atoms with van der Waals surface area (Å²) in [6.45, 7) is 1.97. The molecule has 0 saturated heterocycles. The molecule has 3 aromatic heterocycles. The van der Waals surface area contributed by atoms with Crippen LogP contribution in [0.5, 0.6) is 17.5 Å². The van der Waals surface area contributed by atoms with Crippen molar-refractivity contribution in [2.45, 2.75) is 12.8 Å². The van der Waals surface area contributed by atoms with Crippen molar-refractivity contribution in [2.24, 2.45) is 0 Å². The Morgan fingerprint density at radius 3 is 2.45 bits per heavy atom. The van der Waals surface area contributed by atoms with Crippen LogP contribution in [0.3, 0.4) is 0 Å². The van der Waals surface area contributed by atoms with Crippen molar-refractivity contribution in [2.75, 3.05) is 7.11 Å². The third-order valence-electron chi connectivity index (χ3n) is 6.77. The van der Waals surface area contributed by atoms with E-state index in [-0.39, 0.29) is 11.7 Å². The first-order valence-corrected chi connectivity index (χ1v) is 12.1. The van der Waals surface area contributed by atoms with Crippen LogP contribution in [0.2, 0.25) is 0 Å². The monoisotopic (exact) mass is 504 g/mol. The summed E-state index contributed by atoms with van der Waals surface area (Å²) in [5, 5.41) is 9.50. The normalized spacial score (nSPS) is 14.1. The van der Waals surface area contributed by atoms with E-state index in [0.717, 1.165) is 33.8 Å². The van der Waals surface area contributed by atoms with E-state index in [4.69, 9.17) is 19.6 Å². The van der Waals surface area contributed by atoms with Crippen LogP contribution < -0.4 is 9.47 Å². The zero-order chi connectivity index (χ0) is 25.8. The van der Waals surface area contributed by atoms with Crippen molar-refractivity contribution in [3.05, 3.63) is 113 Å². The lowest BCUT2D eigenvalue weighted by Gasteiger charge is -2.27. The van der Waals surface area contributed by atoms with Gasteiger partial charge in [0.1, 0.15) is 17.9 Å². The van der Waals surface area contributed by atoms with E-state index in [9.17, 15) is 4.39 Å². The number of fused-ring (bicyclic) bond motifs is 4. The smallest absolute Gasteiger partial charge is 0.230 e. The van der Waals surface area contributed by atoms with Gasteiger partial charge in [0.05, 0.1) is 35.5 Å². The molecule has 9 heteroatoms. The van der Waals surface area contributed by atoms with E-state index in [0.29, 0.717) is 28.8 Å². The molecule has 186 valence electrons. The molecule has 0 saturated carbocycles. The van der Waals surface area contributed by atoms with Gasteiger partial charge in [-0.2, -0.15) is 5.10 Å². The lowest BCUT2D eigenvalue weighted by atomic mass is 9.84. The summed E-state index contributed by atoms with van der Waals surface area (Å²) < 4.78 is 29.2. The quantitative estimate of drug-likeness (QED) is 0.305. The van der Waals surface area contributed by atoms with Crippen molar-refractivity contribution in [3.8, 4) is 34.6 Å². The summed E-state index contributed by atoms with van der Waals surface area (Å²) in [7, 11) is 1.66. The number of aromatic nitrogens is 6. The summed E-state index contributed by atoms with van der Waals surface area (Å²) in [5.41, 5.74) is 5.55. The molecule has 38 heavy (non-hydrogen) atoms. The second-order valence-corrected chi connectivity index (χ2v) is 9.00. The largest absolute Gasteiger partial charge is 0.496 e. The summed E-state index contributed by atoms with van der Waals surface area (Å²) in [6, 6.07) is 23.8. The number of hydrogen-bond acceptors (Lipinski definition) is 6. The minimum Gasteiger partial charge on any atom is -0.496 e. The number of para-hydroxylation sites is 2. The third-order valence-corrected chi connectivity index (χ3v) is 6.77. The molecular weight excluding hydrogens is 483 g/mol. The lowest BCUT2D eigenvalue weighted by molar-refractivity contribution is 0.393. The number of nitrogens with zero attached hydrogens (tertiary/aromatic N) is 6. The average molecular weight is 505 g/mol. The molecule has 7 rings (SSSR count). The van der Waals surface area contributed by atoms with Gasteiger partial charge in [-0.3, -0.25) is 0 Å². The topological polar surface area (TPSA) is 79.4 Å². The Balaban J connectivity index is 1.51. The molecular formula is C29H21FN6O2. The van der Waals surface area contributed by atoms with E-state index in [1.807, 2.05) is 61.5 Å². The van der Waals surface area contributed by atoms with Crippen LogP contribution in [0.1, 0.15) is 28.3 Å². The molecule has 0 unspecified atom stereocenters. The van der Waals surface area contributed by atoms with Crippen molar-refractivity contribution in [3.63, 3.8) is 0 Å². The van der Waals surface area contributed by atoms with Crippen molar-refractivity contribution >= 4 is 5.65 Å². The SMILES string of the molecule is COc1ccccc1[C@@H]1c2c(C)nn(-c3ccccc3)c2Oc2ncn3nc(-c4ccc(F)cc4)nc3c21. The highest BCUT2D eigenvalue weighted by Crippen LogP contribution is 2.51. The highest BCUT2D eigenvalue weighted by Gasteiger charge is 2.39. The molecule has 0 spiro atoms. The van der Waals surface area contributed by atoms with E-state index >= 15 is 0 Å². The van der Waals surface area contributed by atoms with E-state index < -0.39 is 0 Å². The van der Waals surface area contributed by atoms with Crippen LogP contribution in [-0.2, 0) is 0 Å². The molecule has 1 atom stereocenters. The van der Waals surface area contributed by atoms with Crippen LogP contribution in [0.4, 0.5) is 4.39 Å². The number of rotatable bonds is 4. The maximum atomic E-state index is 13.6. The van der Waals surface area contributed by atoms with Crippen molar-refractivity contribution < 1.29 is 13.9 Å². The first kappa shape index (κ1) is 22.2. The van der Waals surface area contributed by atoms with Crippen LogP contribution >= 0.6 is 0 Å². The molecule has 3 aromatic carbocycles. The Labute approximate surface area is 216 Å². The van der Waals surface area contributed by atoms with Gasteiger partial charge in [-0.25, -0.2) is 23.6 Å². The van der Waals surface area contributed by atoms with Gasteiger partial charge in [0.2, 0.25) is 11.8 Å². The molecule has 0 fully saturated rings. The Bertz CT molecular complexity index is 1810. The van der Waals surface area contributed by atoms with Gasteiger partial charge in [-0.15, -0.1) is 5.10 Å². The van der Waals surface area contributed by atoms with Gasteiger partial charge >= 0.3 is 0 Å². The molecule has 0 radical (unpaired) electrons. The van der Waals surface area contributed by atoms with Crippen LogP contribution in [-0.4, -0.2) is 36.5 Å². The number of benzene rings is 3. The van der Waals surface area contributed by atoms with Crippen LogP contribution in [0, 0.1) is 12.7 Å². The fourth-order valence-electron chi connectivity index (χ4n) is 5.06. The van der Waals surface area contributed by atoms with E-state index in [2.05, 4.69) is 10.1 Å². The number of aryl methyl sites for hydroxylation is 1. The zero-order valence-corrected chi connectivity index (χ0v) is 20.5. The summed E-state index contributed by atoms with van der Waals surface area (Å²) in [5.74, 6) is 1.52. The van der Waals surface area contributed by atoms with E-state index in [1.54, 1.807) is 34.8 Å². The fourth-order valence-corrected chi connectivity index (χ4v) is 5.06. The summed E-state index contributed by atoms with van der Waals surface area (Å²) in [6.07, 6.45) is 1.58. The van der Waals surface area contributed by atoms with Crippen LogP contribution in [0.25, 0.3) is 22.7 Å². The standard InChI is InChI=1S/C29H21FN6O2/c1-17-23-24(21-10-6-7-11-22(21)37-2)25-27-32-26(18-12-14-19(30)15-13-18)34-35(27)16-31-28(25)38-29(23)36(33-17)20-8-4-3-5-9-20/h3-16,24H,1-2H3/t24-/m1/s1. The maximum absolute atomic E-state index is 13.6. The Morgan fingerprint density at radius 1 is 0.895 bits per heavy atom. The highest BCUT2D eigenvalue weighted by atomic mass is 19.1. The lowest BCUT2D eigenvalue weighted by Crippen LogP contribution is -2.16. The molecule has 4 heterocycles. The Morgan fingerprint density at radius 2 is 1.66 bits per heavy atom. The van der Waals surface area contributed by atoms with Gasteiger partial charge in [0.15, 0.2) is 11.5 Å². The van der Waals surface area contributed by atoms with Gasteiger partial charge in [-0.1, -0.05) is 36.4 Å². The molecule has 0 N–H and O–H groups in total. The van der Waals surface area contributed by atoms with Crippen molar-refractivity contribution in [1.29, 1.82) is 0 Å². The predicted octanol–water partition coefficient (Wildman–Crippen LogP) is 5.72. The molecule has 8 nitrogen and oxygen atoms in total. The minimum atomic E-state index is -0.344. The first-order valence-electron chi connectivity index (χ1n) is 12.1. The second kappa shape index (κ2) is 8.52. The Kier molecular flexibility index (Phi) is 4.97. The zero-order valence-electron chi connectivity index (χ0n) is 20.5. The van der Waals surface area contributed by atoms with Crippen LogP contribution in [0.15, 0.2) is 85.2 Å². The molecule has 0 bridgehead atoms. The highest BCUT2D eigenvalue weighted by molar-refractivity contribution is 5.69. The molecule has 6 aromatic rings. The summed E-state index contributed by atoms with van der Waals surface area (Å²) >= 11 is 0. The average Bonchev–Trinajstić information content (AvgIpc) is 3.54. The predicted molar refractivity (Wildman–Crippen MR) is 138 cm³/mol.